The fourth-order valence-corrected chi connectivity index (χ4v) is 3.92. The number of ether oxygens (including phenoxy) is 4. The number of fused-ring (bicyclic) bond motifs is 1. The van der Waals surface area contributed by atoms with Gasteiger partial charge in [0.05, 0.1) is 33.8 Å². The van der Waals surface area contributed by atoms with Crippen molar-refractivity contribution in [2.75, 3.05) is 34.2 Å². The molecule has 0 aliphatic rings. The van der Waals surface area contributed by atoms with Gasteiger partial charge in [-0.15, -0.1) is 0 Å². The number of nitrogens with two attached hydrogens (primary N) is 1. The van der Waals surface area contributed by atoms with Crippen molar-refractivity contribution < 1.29 is 23.7 Å². The van der Waals surface area contributed by atoms with Gasteiger partial charge >= 0.3 is 5.97 Å². The number of nitrogen functional groups attached to an aromatic ring is 1. The zero-order valence-corrected chi connectivity index (χ0v) is 19.1. The van der Waals surface area contributed by atoms with Gasteiger partial charge in [0, 0.05) is 34.7 Å². The first kappa shape index (κ1) is 22.7. The Kier molecular flexibility index (Phi) is 6.09. The van der Waals surface area contributed by atoms with Crippen LogP contribution < -0.4 is 25.5 Å². The Morgan fingerprint density at radius 2 is 1.56 bits per heavy atom. The van der Waals surface area contributed by atoms with Crippen LogP contribution in [0.2, 0.25) is 0 Å². The monoisotopic (exact) mass is 461 g/mol. The third kappa shape index (κ3) is 3.66. The average molecular weight is 461 g/mol. The fourth-order valence-electron chi connectivity index (χ4n) is 3.92. The van der Waals surface area contributed by atoms with Gasteiger partial charge in [0.25, 0.3) is 5.56 Å². The first-order valence-electron chi connectivity index (χ1n) is 10.2. The second-order valence-corrected chi connectivity index (χ2v) is 7.28. The van der Waals surface area contributed by atoms with Crippen molar-refractivity contribution in [1.82, 2.24) is 9.55 Å². The highest BCUT2D eigenvalue weighted by atomic mass is 16.5. The Bertz CT molecular complexity index is 1420. The smallest absolute Gasteiger partial charge is 0.355 e. The topological polar surface area (TPSA) is 115 Å². The van der Waals surface area contributed by atoms with E-state index in [1.807, 2.05) is 0 Å². The van der Waals surface area contributed by atoms with E-state index in [1.54, 1.807) is 42.5 Å². The minimum Gasteiger partial charge on any atom is -0.493 e. The molecule has 0 radical (unpaired) electrons. The van der Waals surface area contributed by atoms with Crippen LogP contribution in [0.1, 0.15) is 10.5 Å². The van der Waals surface area contributed by atoms with Gasteiger partial charge in [0.2, 0.25) is 5.75 Å². The SMILES string of the molecule is COC(=O)c1c(-c2cc(OC)c(OC)c(OC)c2)c2cnccc2c(=O)n1-c1ccc(N)cc1. The fraction of sp³-hybridized carbons (Fsp3) is 0.160. The number of hydrogen-bond acceptors (Lipinski definition) is 8. The number of carbonyl (C=O) groups is 1. The minimum absolute atomic E-state index is 0.0204. The van der Waals surface area contributed by atoms with Crippen LogP contribution >= 0.6 is 0 Å². The molecule has 0 aliphatic carbocycles. The minimum atomic E-state index is -0.705. The molecule has 34 heavy (non-hydrogen) atoms. The van der Waals surface area contributed by atoms with Gasteiger partial charge in [-0.05, 0) is 48.0 Å². The van der Waals surface area contributed by atoms with E-state index in [9.17, 15) is 9.59 Å². The molecule has 2 aromatic heterocycles. The molecule has 0 fully saturated rings. The third-order valence-electron chi connectivity index (χ3n) is 5.47. The number of esters is 1. The van der Waals surface area contributed by atoms with Crippen LogP contribution in [0.25, 0.3) is 27.6 Å². The van der Waals surface area contributed by atoms with Crippen LogP contribution in [0.3, 0.4) is 0 Å². The summed E-state index contributed by atoms with van der Waals surface area (Å²) in [6.45, 7) is 0. The van der Waals surface area contributed by atoms with Crippen LogP contribution in [0, 0.1) is 0 Å². The Hall–Kier alpha value is -4.53. The first-order chi connectivity index (χ1) is 16.4. The van der Waals surface area contributed by atoms with E-state index in [2.05, 4.69) is 4.98 Å². The lowest BCUT2D eigenvalue weighted by molar-refractivity contribution is 0.0591. The number of carbonyl (C=O) groups excluding carboxylic acids is 1. The summed E-state index contributed by atoms with van der Waals surface area (Å²) in [5, 5.41) is 0.831. The molecule has 4 rings (SSSR count). The zero-order chi connectivity index (χ0) is 24.4. The zero-order valence-electron chi connectivity index (χ0n) is 19.1. The molecule has 0 unspecified atom stereocenters. The number of hydrogen-bond donors (Lipinski definition) is 1. The normalized spacial score (nSPS) is 10.7. The number of pyridine rings is 2. The van der Waals surface area contributed by atoms with Crippen molar-refractivity contribution in [3.63, 3.8) is 0 Å². The molecular weight excluding hydrogens is 438 g/mol. The maximum atomic E-state index is 13.6. The number of aromatic nitrogens is 2. The summed E-state index contributed by atoms with van der Waals surface area (Å²) in [6.07, 6.45) is 3.06. The molecule has 0 spiro atoms. The first-order valence-corrected chi connectivity index (χ1v) is 10.2. The van der Waals surface area contributed by atoms with Crippen molar-refractivity contribution in [3.8, 4) is 34.1 Å². The number of nitrogens with zero attached hydrogens (tertiary/aromatic N) is 2. The molecule has 0 amide bonds. The van der Waals surface area contributed by atoms with Crippen LogP contribution in [-0.2, 0) is 4.74 Å². The van der Waals surface area contributed by atoms with Crippen molar-refractivity contribution in [1.29, 1.82) is 0 Å². The molecule has 4 aromatic rings. The maximum absolute atomic E-state index is 13.6. The van der Waals surface area contributed by atoms with Crippen LogP contribution in [0.5, 0.6) is 17.2 Å². The molecule has 2 aromatic carbocycles. The van der Waals surface area contributed by atoms with E-state index in [0.717, 1.165) is 0 Å². The molecule has 0 saturated heterocycles. The molecule has 2 N–H and O–H groups in total. The van der Waals surface area contributed by atoms with Crippen molar-refractivity contribution in [2.24, 2.45) is 0 Å². The Balaban J connectivity index is 2.22. The average Bonchev–Trinajstić information content (AvgIpc) is 2.87. The standard InChI is InChI=1S/C25H23N3O6/c1-31-19-11-14(12-20(32-2)23(19)33-3)21-18-13-27-10-9-17(18)24(29)28(22(21)25(30)34-4)16-7-5-15(26)6-8-16/h5-13H,26H2,1-4H3. The summed E-state index contributed by atoms with van der Waals surface area (Å²) < 4.78 is 22.9. The number of benzene rings is 2. The predicted octanol–water partition coefficient (Wildman–Crippen LogP) is 3.45. The Morgan fingerprint density at radius 1 is 0.912 bits per heavy atom. The van der Waals surface area contributed by atoms with Gasteiger partial charge in [0.1, 0.15) is 5.69 Å². The quantitative estimate of drug-likeness (QED) is 0.343. The van der Waals surface area contributed by atoms with Gasteiger partial charge in [0.15, 0.2) is 11.5 Å². The summed E-state index contributed by atoms with van der Waals surface area (Å²) >= 11 is 0. The molecule has 0 saturated carbocycles. The summed E-state index contributed by atoms with van der Waals surface area (Å²) in [4.78, 5) is 31.0. The summed E-state index contributed by atoms with van der Waals surface area (Å²) in [5.41, 5.74) is 7.39. The lowest BCUT2D eigenvalue weighted by Gasteiger charge is -2.20. The molecule has 0 aliphatic heterocycles. The van der Waals surface area contributed by atoms with Gasteiger partial charge in [-0.2, -0.15) is 0 Å². The number of rotatable bonds is 6. The molecular formula is C25H23N3O6. The van der Waals surface area contributed by atoms with Crippen LogP contribution in [0.4, 0.5) is 5.69 Å². The second kappa shape index (κ2) is 9.14. The lowest BCUT2D eigenvalue weighted by atomic mass is 9.96. The van der Waals surface area contributed by atoms with Crippen molar-refractivity contribution in [2.45, 2.75) is 0 Å². The molecule has 0 bridgehead atoms. The molecule has 9 heteroatoms. The Morgan fingerprint density at radius 3 is 2.12 bits per heavy atom. The van der Waals surface area contributed by atoms with E-state index in [4.69, 9.17) is 24.7 Å². The molecule has 2 heterocycles. The lowest BCUT2D eigenvalue weighted by Crippen LogP contribution is -2.27. The highest BCUT2D eigenvalue weighted by Crippen LogP contribution is 2.43. The number of anilines is 1. The Labute approximate surface area is 195 Å². The van der Waals surface area contributed by atoms with E-state index in [1.165, 1.54) is 45.4 Å². The van der Waals surface area contributed by atoms with Crippen LogP contribution in [-0.4, -0.2) is 44.0 Å². The van der Waals surface area contributed by atoms with Crippen molar-refractivity contribution >= 4 is 22.4 Å². The highest BCUT2D eigenvalue weighted by molar-refractivity contribution is 6.07. The third-order valence-corrected chi connectivity index (χ3v) is 5.47. The van der Waals surface area contributed by atoms with Crippen molar-refractivity contribution in [3.05, 3.63) is 70.9 Å². The van der Waals surface area contributed by atoms with Gasteiger partial charge < -0.3 is 24.7 Å². The van der Waals surface area contributed by atoms with Gasteiger partial charge in [-0.25, -0.2) is 4.79 Å². The second-order valence-electron chi connectivity index (χ2n) is 7.28. The summed E-state index contributed by atoms with van der Waals surface area (Å²) in [5.74, 6) is 0.455. The molecule has 9 nitrogen and oxygen atoms in total. The van der Waals surface area contributed by atoms with Crippen LogP contribution in [0.15, 0.2) is 59.7 Å². The predicted molar refractivity (Wildman–Crippen MR) is 128 cm³/mol. The largest absolute Gasteiger partial charge is 0.493 e. The van der Waals surface area contributed by atoms with E-state index in [0.29, 0.717) is 50.5 Å². The van der Waals surface area contributed by atoms with Gasteiger partial charge in [-0.3, -0.25) is 14.3 Å². The highest BCUT2D eigenvalue weighted by Gasteiger charge is 2.27. The van der Waals surface area contributed by atoms with E-state index < -0.39 is 11.5 Å². The maximum Gasteiger partial charge on any atom is 0.355 e. The van der Waals surface area contributed by atoms with Gasteiger partial charge in [-0.1, -0.05) is 0 Å². The van der Waals surface area contributed by atoms with E-state index in [-0.39, 0.29) is 5.69 Å². The molecule has 174 valence electrons. The molecule has 0 atom stereocenters. The van der Waals surface area contributed by atoms with E-state index >= 15 is 0 Å². The summed E-state index contributed by atoms with van der Waals surface area (Å²) in [7, 11) is 5.75. The summed E-state index contributed by atoms with van der Waals surface area (Å²) in [6, 6.07) is 11.6. The number of methoxy groups -OCH3 is 4.